The molecule has 0 saturated heterocycles. The van der Waals surface area contributed by atoms with Crippen molar-refractivity contribution in [1.29, 1.82) is 0 Å². The lowest BCUT2D eigenvalue weighted by Gasteiger charge is -1.97. The Labute approximate surface area is 63.8 Å². The van der Waals surface area contributed by atoms with Gasteiger partial charge in [0.25, 0.3) is 5.91 Å². The van der Waals surface area contributed by atoms with E-state index >= 15 is 0 Å². The molecule has 0 aliphatic carbocycles. The Morgan fingerprint density at radius 1 is 1.50 bits per heavy atom. The fourth-order valence-electron chi connectivity index (χ4n) is 0.499. The molecule has 3 N–H and O–H groups in total. The molecule has 1 aromatic heterocycles. The molecule has 0 bridgehead atoms. The highest BCUT2D eigenvalue weighted by Gasteiger charge is 2.35. The molecule has 66 valence electrons. The zero-order chi connectivity index (χ0) is 9.35. The third kappa shape index (κ3) is 1.52. The molecule has 8 heteroatoms. The van der Waals surface area contributed by atoms with E-state index < -0.39 is 23.7 Å². The van der Waals surface area contributed by atoms with Crippen molar-refractivity contribution in [2.24, 2.45) is 5.73 Å². The van der Waals surface area contributed by atoms with Crippen molar-refractivity contribution in [1.82, 2.24) is 15.2 Å². The van der Waals surface area contributed by atoms with Crippen molar-refractivity contribution < 1.29 is 18.0 Å². The van der Waals surface area contributed by atoms with Crippen LogP contribution in [-0.4, -0.2) is 21.1 Å². The Bertz CT molecular complexity index is 303. The topological polar surface area (TPSA) is 84.7 Å². The number of nitrogens with one attached hydrogen (secondary N) is 1. The van der Waals surface area contributed by atoms with E-state index in [9.17, 15) is 18.0 Å². The maximum absolute atomic E-state index is 11.8. The molecule has 0 radical (unpaired) electrons. The van der Waals surface area contributed by atoms with Gasteiger partial charge in [0.05, 0.1) is 0 Å². The first-order chi connectivity index (χ1) is 5.41. The number of carbonyl (C=O) groups excluding carboxylic acids is 1. The Morgan fingerprint density at radius 3 is 2.33 bits per heavy atom. The van der Waals surface area contributed by atoms with Crippen LogP contribution in [0.2, 0.25) is 0 Å². The number of halogens is 3. The quantitative estimate of drug-likeness (QED) is 0.633. The minimum atomic E-state index is -4.64. The number of nitrogens with zero attached hydrogens (tertiary/aromatic N) is 2. The molecule has 0 aromatic carbocycles. The van der Waals surface area contributed by atoms with Gasteiger partial charge in [-0.25, -0.2) is 0 Å². The molecular formula is C4H3F3N4O. The number of nitrogens with two attached hydrogens (primary N) is 1. The summed E-state index contributed by atoms with van der Waals surface area (Å²) >= 11 is 0. The summed E-state index contributed by atoms with van der Waals surface area (Å²) in [6.07, 6.45) is -4.64. The van der Waals surface area contributed by atoms with Crippen LogP contribution in [-0.2, 0) is 6.18 Å². The van der Waals surface area contributed by atoms with Crippen LogP contribution < -0.4 is 5.73 Å². The van der Waals surface area contributed by atoms with Crippen LogP contribution in [0.15, 0.2) is 0 Å². The second-order valence-electron chi connectivity index (χ2n) is 1.87. The molecule has 1 heterocycles. The summed E-state index contributed by atoms with van der Waals surface area (Å²) < 4.78 is 35.3. The van der Waals surface area contributed by atoms with E-state index in [-0.39, 0.29) is 0 Å². The maximum atomic E-state index is 11.8. The van der Waals surface area contributed by atoms with E-state index in [1.807, 2.05) is 0 Å². The highest BCUT2D eigenvalue weighted by atomic mass is 19.4. The van der Waals surface area contributed by atoms with Crippen LogP contribution in [0, 0.1) is 0 Å². The van der Waals surface area contributed by atoms with Gasteiger partial charge in [0.1, 0.15) is 0 Å². The molecule has 0 fully saturated rings. The van der Waals surface area contributed by atoms with Gasteiger partial charge in [-0.3, -0.25) is 9.89 Å². The average Bonchev–Trinajstić information content (AvgIpc) is 2.30. The van der Waals surface area contributed by atoms with E-state index in [0.29, 0.717) is 0 Å². The van der Waals surface area contributed by atoms with Crippen molar-refractivity contribution in [3.05, 3.63) is 11.6 Å². The van der Waals surface area contributed by atoms with E-state index in [2.05, 4.69) is 15.8 Å². The first-order valence-electron chi connectivity index (χ1n) is 2.70. The first-order valence-corrected chi connectivity index (χ1v) is 2.70. The van der Waals surface area contributed by atoms with Crippen LogP contribution in [0.25, 0.3) is 0 Å². The Balaban J connectivity index is 3.00. The Morgan fingerprint density at radius 2 is 2.08 bits per heavy atom. The average molecular weight is 180 g/mol. The largest absolute Gasteiger partial charge is 0.451 e. The first kappa shape index (κ1) is 8.50. The van der Waals surface area contributed by atoms with E-state index in [4.69, 9.17) is 0 Å². The van der Waals surface area contributed by atoms with Crippen molar-refractivity contribution in [2.75, 3.05) is 0 Å². The zero-order valence-electron chi connectivity index (χ0n) is 5.51. The third-order valence-electron chi connectivity index (χ3n) is 0.974. The van der Waals surface area contributed by atoms with Gasteiger partial charge in [0.2, 0.25) is 11.6 Å². The fourth-order valence-corrected chi connectivity index (χ4v) is 0.499. The van der Waals surface area contributed by atoms with Crippen LogP contribution >= 0.6 is 0 Å². The minimum Gasteiger partial charge on any atom is -0.363 e. The molecule has 5 nitrogen and oxygen atoms in total. The van der Waals surface area contributed by atoms with Crippen LogP contribution in [0.1, 0.15) is 16.4 Å². The Hall–Kier alpha value is -1.60. The zero-order valence-corrected chi connectivity index (χ0v) is 5.51. The lowest BCUT2D eigenvalue weighted by atomic mass is 10.6. The second-order valence-corrected chi connectivity index (χ2v) is 1.87. The number of carbonyl (C=O) groups is 1. The van der Waals surface area contributed by atoms with Gasteiger partial charge in [-0.15, -0.1) is 5.10 Å². The number of rotatable bonds is 1. The molecule has 1 aromatic rings. The number of hydrogen-bond acceptors (Lipinski definition) is 3. The predicted molar refractivity (Wildman–Crippen MR) is 29.9 cm³/mol. The summed E-state index contributed by atoms with van der Waals surface area (Å²) in [4.78, 5) is 13.1. The van der Waals surface area contributed by atoms with Gasteiger partial charge in [0, 0.05) is 0 Å². The highest BCUT2D eigenvalue weighted by Crippen LogP contribution is 2.25. The summed E-state index contributed by atoms with van der Waals surface area (Å²) in [5.41, 5.74) is 4.62. The van der Waals surface area contributed by atoms with Crippen molar-refractivity contribution in [3.8, 4) is 0 Å². The normalized spacial score (nSPS) is 11.6. The van der Waals surface area contributed by atoms with E-state index in [0.717, 1.165) is 0 Å². The lowest BCUT2D eigenvalue weighted by Crippen LogP contribution is -2.13. The monoisotopic (exact) mass is 180 g/mol. The number of H-pyrrole nitrogens is 1. The van der Waals surface area contributed by atoms with E-state index in [1.165, 1.54) is 0 Å². The highest BCUT2D eigenvalue weighted by molar-refractivity contribution is 5.88. The number of primary amides is 1. The number of aromatic nitrogens is 3. The smallest absolute Gasteiger partial charge is 0.363 e. The summed E-state index contributed by atoms with van der Waals surface area (Å²) in [7, 11) is 0. The molecule has 0 unspecified atom stereocenters. The number of aromatic amines is 1. The van der Waals surface area contributed by atoms with Crippen molar-refractivity contribution >= 4 is 5.91 Å². The molecule has 0 saturated carbocycles. The predicted octanol–water partition coefficient (Wildman–Crippen LogP) is -0.0776. The molecule has 0 atom stereocenters. The van der Waals surface area contributed by atoms with Crippen LogP contribution in [0.3, 0.4) is 0 Å². The molecule has 0 aliphatic heterocycles. The maximum Gasteiger partial charge on any atom is 0.451 e. The summed E-state index contributed by atoms with van der Waals surface area (Å²) in [6.45, 7) is 0. The lowest BCUT2D eigenvalue weighted by molar-refractivity contribution is -0.144. The Kier molecular flexibility index (Phi) is 1.75. The van der Waals surface area contributed by atoms with Crippen LogP contribution in [0.5, 0.6) is 0 Å². The van der Waals surface area contributed by atoms with Gasteiger partial charge >= 0.3 is 6.18 Å². The van der Waals surface area contributed by atoms with Crippen molar-refractivity contribution in [3.63, 3.8) is 0 Å². The molecule has 1 rings (SSSR count). The molecule has 0 aliphatic rings. The van der Waals surface area contributed by atoms with Crippen molar-refractivity contribution in [2.45, 2.75) is 6.18 Å². The second kappa shape index (κ2) is 2.47. The molecule has 12 heavy (non-hydrogen) atoms. The van der Waals surface area contributed by atoms with Gasteiger partial charge in [0.15, 0.2) is 0 Å². The SMILES string of the molecule is NC(=O)c1n[nH]c(C(F)(F)F)n1. The van der Waals surface area contributed by atoms with Gasteiger partial charge in [-0.1, -0.05) is 0 Å². The number of alkyl halides is 3. The summed E-state index contributed by atoms with van der Waals surface area (Å²) in [5.74, 6) is -3.12. The minimum absolute atomic E-state index is 0.678. The van der Waals surface area contributed by atoms with Gasteiger partial charge < -0.3 is 5.73 Å². The third-order valence-corrected chi connectivity index (χ3v) is 0.974. The molecular weight excluding hydrogens is 177 g/mol. The molecule has 0 spiro atoms. The van der Waals surface area contributed by atoms with Gasteiger partial charge in [-0.2, -0.15) is 18.2 Å². The standard InChI is InChI=1S/C4H3F3N4O/c5-4(6,7)3-9-2(1(8)12)10-11-3/h(H2,8,12)(H,9,10,11). The number of amides is 1. The summed E-state index contributed by atoms with van der Waals surface area (Å²) in [5, 5.41) is 4.49. The number of hydrogen-bond donors (Lipinski definition) is 2. The summed E-state index contributed by atoms with van der Waals surface area (Å²) in [6, 6.07) is 0. The van der Waals surface area contributed by atoms with Crippen LogP contribution in [0.4, 0.5) is 13.2 Å². The fraction of sp³-hybridized carbons (Fsp3) is 0.250. The molecule has 1 amide bonds. The van der Waals surface area contributed by atoms with E-state index in [1.54, 1.807) is 5.10 Å². The van der Waals surface area contributed by atoms with Gasteiger partial charge in [-0.05, 0) is 0 Å².